The van der Waals surface area contributed by atoms with Gasteiger partial charge in [-0.15, -0.1) is 11.3 Å². The molecule has 0 unspecified atom stereocenters. The van der Waals surface area contributed by atoms with Gasteiger partial charge in [-0.05, 0) is 36.4 Å². The van der Waals surface area contributed by atoms with Crippen LogP contribution in [0.1, 0.15) is 4.88 Å². The summed E-state index contributed by atoms with van der Waals surface area (Å²) in [5.74, 6) is 0.711. The molecule has 0 aliphatic rings. The second-order valence-electron chi connectivity index (χ2n) is 5.61. The molecule has 4 aromatic rings. The van der Waals surface area contributed by atoms with Crippen LogP contribution in [0, 0.1) is 0 Å². The van der Waals surface area contributed by atoms with Gasteiger partial charge in [0.25, 0.3) is 0 Å². The molecule has 124 valence electrons. The smallest absolute Gasteiger partial charge is 0.229 e. The Morgan fingerprint density at radius 2 is 2.00 bits per heavy atom. The molecule has 0 saturated carbocycles. The average Bonchev–Trinajstić information content (AvgIpc) is 3.21. The van der Waals surface area contributed by atoms with E-state index in [1.165, 1.54) is 11.3 Å². The summed E-state index contributed by atoms with van der Waals surface area (Å²) in [4.78, 5) is 21.0. The highest BCUT2D eigenvalue weighted by Crippen LogP contribution is 2.24. The number of carbonyl (C=O) groups excluding carboxylic acids is 1. The van der Waals surface area contributed by atoms with Gasteiger partial charge in [0.15, 0.2) is 0 Å². The molecule has 2 aromatic carbocycles. The number of halogens is 1. The number of rotatable bonds is 4. The van der Waals surface area contributed by atoms with Crippen LogP contribution in [-0.2, 0) is 11.2 Å². The normalized spacial score (nSPS) is 10.9. The maximum absolute atomic E-state index is 12.2. The van der Waals surface area contributed by atoms with Crippen LogP contribution in [-0.4, -0.2) is 15.9 Å². The first-order valence-corrected chi connectivity index (χ1v) is 8.96. The molecule has 4 nitrogen and oxygen atoms in total. The zero-order valence-corrected chi connectivity index (χ0v) is 14.7. The molecule has 2 heterocycles. The van der Waals surface area contributed by atoms with Gasteiger partial charge in [-0.2, -0.15) is 0 Å². The number of hydrogen-bond donors (Lipinski definition) is 2. The lowest BCUT2D eigenvalue weighted by Gasteiger charge is -2.06. The molecule has 0 aliphatic heterocycles. The van der Waals surface area contributed by atoms with Crippen molar-refractivity contribution in [2.75, 3.05) is 5.32 Å². The van der Waals surface area contributed by atoms with Crippen LogP contribution in [0.2, 0.25) is 4.34 Å². The Labute approximate surface area is 153 Å². The van der Waals surface area contributed by atoms with Gasteiger partial charge in [-0.3, -0.25) is 4.79 Å². The Morgan fingerprint density at radius 3 is 2.80 bits per heavy atom. The number of thiophene rings is 1. The monoisotopic (exact) mass is 367 g/mol. The van der Waals surface area contributed by atoms with E-state index in [1.54, 1.807) is 6.07 Å². The SMILES string of the molecule is O=C(Cc1ccc(Cl)s1)Nc1cccc(-c2nc3ccccc3[nH]2)c1. The summed E-state index contributed by atoms with van der Waals surface area (Å²) < 4.78 is 0.690. The Bertz CT molecular complexity index is 1020. The van der Waals surface area contributed by atoms with E-state index in [2.05, 4.69) is 15.3 Å². The second-order valence-corrected chi connectivity index (χ2v) is 7.41. The first kappa shape index (κ1) is 15.9. The number of aromatic nitrogens is 2. The molecule has 6 heteroatoms. The van der Waals surface area contributed by atoms with Gasteiger partial charge in [0.1, 0.15) is 5.82 Å². The summed E-state index contributed by atoms with van der Waals surface area (Å²) in [5.41, 5.74) is 3.57. The lowest BCUT2D eigenvalue weighted by Crippen LogP contribution is -2.13. The molecule has 0 spiro atoms. The number of imidazole rings is 1. The Hall–Kier alpha value is -2.63. The number of para-hydroxylation sites is 2. The summed E-state index contributed by atoms with van der Waals surface area (Å²) in [6.07, 6.45) is 0.312. The molecular weight excluding hydrogens is 354 g/mol. The lowest BCUT2D eigenvalue weighted by atomic mass is 10.2. The first-order chi connectivity index (χ1) is 12.2. The minimum Gasteiger partial charge on any atom is -0.338 e. The molecule has 0 saturated heterocycles. The number of aromatic amines is 1. The number of fused-ring (bicyclic) bond motifs is 1. The molecule has 25 heavy (non-hydrogen) atoms. The Balaban J connectivity index is 1.53. The van der Waals surface area contributed by atoms with Gasteiger partial charge < -0.3 is 10.3 Å². The topological polar surface area (TPSA) is 57.8 Å². The first-order valence-electron chi connectivity index (χ1n) is 7.77. The van der Waals surface area contributed by atoms with Crippen LogP contribution in [0.15, 0.2) is 60.7 Å². The highest BCUT2D eigenvalue weighted by atomic mass is 35.5. The Morgan fingerprint density at radius 1 is 1.12 bits per heavy atom. The maximum Gasteiger partial charge on any atom is 0.229 e. The van der Waals surface area contributed by atoms with E-state index >= 15 is 0 Å². The van der Waals surface area contributed by atoms with Gasteiger partial charge in [-0.1, -0.05) is 35.9 Å². The number of anilines is 1. The number of hydrogen-bond acceptors (Lipinski definition) is 3. The van der Waals surface area contributed by atoms with Crippen LogP contribution in [0.5, 0.6) is 0 Å². The maximum atomic E-state index is 12.2. The minimum atomic E-state index is -0.0692. The number of H-pyrrole nitrogens is 1. The average molecular weight is 368 g/mol. The van der Waals surface area contributed by atoms with E-state index < -0.39 is 0 Å². The largest absolute Gasteiger partial charge is 0.338 e. The molecule has 0 aliphatic carbocycles. The van der Waals surface area contributed by atoms with E-state index in [9.17, 15) is 4.79 Å². The third-order valence-corrected chi connectivity index (χ3v) is 5.00. The molecule has 2 aromatic heterocycles. The summed E-state index contributed by atoms with van der Waals surface area (Å²) in [5, 5.41) is 2.93. The van der Waals surface area contributed by atoms with Crippen molar-refractivity contribution in [2.45, 2.75) is 6.42 Å². The summed E-state index contributed by atoms with van der Waals surface area (Å²) >= 11 is 7.32. The number of benzene rings is 2. The summed E-state index contributed by atoms with van der Waals surface area (Å²) in [6.45, 7) is 0. The van der Waals surface area contributed by atoms with Gasteiger partial charge in [0.2, 0.25) is 5.91 Å². The molecule has 0 radical (unpaired) electrons. The van der Waals surface area contributed by atoms with E-state index in [0.29, 0.717) is 10.8 Å². The van der Waals surface area contributed by atoms with Crippen molar-refractivity contribution < 1.29 is 4.79 Å². The third-order valence-electron chi connectivity index (χ3n) is 3.77. The standard InChI is InChI=1S/C19H14ClN3OS/c20-17-9-8-14(25-17)11-18(24)21-13-5-3-4-12(10-13)19-22-15-6-1-2-7-16(15)23-19/h1-10H,11H2,(H,21,24)(H,22,23). The van der Waals surface area contributed by atoms with Crippen LogP contribution < -0.4 is 5.32 Å². The second kappa shape index (κ2) is 6.70. The van der Waals surface area contributed by atoms with Crippen molar-refractivity contribution in [2.24, 2.45) is 0 Å². The van der Waals surface area contributed by atoms with Crippen molar-refractivity contribution in [1.29, 1.82) is 0 Å². The fraction of sp³-hybridized carbons (Fsp3) is 0.0526. The number of carbonyl (C=O) groups is 1. The third kappa shape index (κ3) is 3.57. The summed E-state index contributed by atoms with van der Waals surface area (Å²) in [7, 11) is 0. The van der Waals surface area contributed by atoms with E-state index in [4.69, 9.17) is 11.6 Å². The van der Waals surface area contributed by atoms with Gasteiger partial charge in [-0.25, -0.2) is 4.98 Å². The zero-order valence-electron chi connectivity index (χ0n) is 13.1. The number of nitrogens with zero attached hydrogens (tertiary/aromatic N) is 1. The van der Waals surface area contributed by atoms with Crippen LogP contribution in [0.4, 0.5) is 5.69 Å². The molecular formula is C19H14ClN3OS. The van der Waals surface area contributed by atoms with E-state index in [0.717, 1.165) is 33.0 Å². The number of nitrogens with one attached hydrogen (secondary N) is 2. The van der Waals surface area contributed by atoms with Crippen molar-refractivity contribution in [1.82, 2.24) is 9.97 Å². The highest BCUT2D eigenvalue weighted by Gasteiger charge is 2.09. The molecule has 1 amide bonds. The molecule has 4 rings (SSSR count). The highest BCUT2D eigenvalue weighted by molar-refractivity contribution is 7.16. The zero-order chi connectivity index (χ0) is 17.2. The molecule has 0 bridgehead atoms. The van der Waals surface area contributed by atoms with Gasteiger partial charge in [0, 0.05) is 16.1 Å². The fourth-order valence-corrected chi connectivity index (χ4v) is 3.73. The fourth-order valence-electron chi connectivity index (χ4n) is 2.64. The molecule has 2 N–H and O–H groups in total. The summed E-state index contributed by atoms with van der Waals surface area (Å²) in [6, 6.07) is 19.2. The van der Waals surface area contributed by atoms with E-state index in [1.807, 2.05) is 54.6 Å². The van der Waals surface area contributed by atoms with Crippen molar-refractivity contribution in [3.63, 3.8) is 0 Å². The van der Waals surface area contributed by atoms with Crippen LogP contribution >= 0.6 is 22.9 Å². The lowest BCUT2D eigenvalue weighted by molar-refractivity contribution is -0.115. The van der Waals surface area contributed by atoms with Gasteiger partial charge >= 0.3 is 0 Å². The quantitative estimate of drug-likeness (QED) is 0.525. The minimum absolute atomic E-state index is 0.0692. The molecule has 0 atom stereocenters. The number of amides is 1. The predicted octanol–water partition coefficient (Wildman–Crippen LogP) is 5.13. The van der Waals surface area contributed by atoms with Crippen molar-refractivity contribution in [3.8, 4) is 11.4 Å². The molecule has 0 fully saturated rings. The Kier molecular flexibility index (Phi) is 4.26. The van der Waals surface area contributed by atoms with Crippen LogP contribution in [0.25, 0.3) is 22.4 Å². The van der Waals surface area contributed by atoms with Crippen LogP contribution in [0.3, 0.4) is 0 Å². The van der Waals surface area contributed by atoms with E-state index in [-0.39, 0.29) is 5.91 Å². The van der Waals surface area contributed by atoms with Crippen molar-refractivity contribution in [3.05, 3.63) is 69.9 Å². The van der Waals surface area contributed by atoms with Crippen molar-refractivity contribution >= 4 is 45.6 Å². The predicted molar refractivity (Wildman–Crippen MR) is 103 cm³/mol. The van der Waals surface area contributed by atoms with Gasteiger partial charge in [0.05, 0.1) is 21.8 Å².